The molecule has 0 aromatic heterocycles. The molecular formula is C16H17BrClFNO2-. The summed E-state index contributed by atoms with van der Waals surface area (Å²) in [5, 5.41) is 11.9. The molecule has 0 saturated carbocycles. The number of rotatable bonds is 7. The first kappa shape index (κ1) is 18.9. The third-order valence-electron chi connectivity index (χ3n) is 2.93. The summed E-state index contributed by atoms with van der Waals surface area (Å²) in [6.45, 7) is 1.62. The second-order valence-electron chi connectivity index (χ2n) is 4.57. The van der Waals surface area contributed by atoms with Crippen molar-refractivity contribution >= 4 is 15.9 Å². The standard InChI is InChI=1S/C16H17BrFNO2.ClH/c17-14-3-6-16(13(9-14)10-19-7-8-20)21-11-12-1-4-15(18)5-2-12;/h1-6,9,19-20H,7-8,10-11H2;1H/p-1. The number of aliphatic hydroxyl groups excluding tert-OH is 1. The van der Waals surface area contributed by atoms with Crippen molar-refractivity contribution in [2.75, 3.05) is 13.2 Å². The maximum atomic E-state index is 12.9. The van der Waals surface area contributed by atoms with Gasteiger partial charge in [0.1, 0.15) is 18.2 Å². The Hall–Kier alpha value is -1.14. The van der Waals surface area contributed by atoms with Crippen LogP contribution in [0, 0.1) is 5.82 Å². The lowest BCUT2D eigenvalue weighted by atomic mass is 10.2. The van der Waals surface area contributed by atoms with Gasteiger partial charge in [0.2, 0.25) is 0 Å². The van der Waals surface area contributed by atoms with E-state index in [4.69, 9.17) is 9.84 Å². The summed E-state index contributed by atoms with van der Waals surface area (Å²) in [5.74, 6) is 0.518. The zero-order valence-corrected chi connectivity index (χ0v) is 14.2. The number of aliphatic hydroxyl groups is 1. The van der Waals surface area contributed by atoms with Crippen LogP contribution in [0.25, 0.3) is 0 Å². The molecular weight excluding hydrogens is 373 g/mol. The van der Waals surface area contributed by atoms with Gasteiger partial charge in [-0.2, -0.15) is 0 Å². The third kappa shape index (κ3) is 5.93. The first-order valence-corrected chi connectivity index (χ1v) is 7.45. The van der Waals surface area contributed by atoms with E-state index in [1.807, 2.05) is 18.2 Å². The van der Waals surface area contributed by atoms with Crippen LogP contribution in [0.3, 0.4) is 0 Å². The van der Waals surface area contributed by atoms with Gasteiger partial charge < -0.3 is 27.6 Å². The Morgan fingerprint density at radius 3 is 2.55 bits per heavy atom. The van der Waals surface area contributed by atoms with Gasteiger partial charge >= 0.3 is 0 Å². The molecule has 0 bridgehead atoms. The summed E-state index contributed by atoms with van der Waals surface area (Å²) in [5.41, 5.74) is 1.91. The topological polar surface area (TPSA) is 41.5 Å². The van der Waals surface area contributed by atoms with Crippen LogP contribution in [0.15, 0.2) is 46.9 Å². The van der Waals surface area contributed by atoms with E-state index in [1.165, 1.54) is 12.1 Å². The van der Waals surface area contributed by atoms with Gasteiger partial charge in [-0.15, -0.1) is 0 Å². The Balaban J connectivity index is 0.00000242. The minimum absolute atomic E-state index is 0. The lowest BCUT2D eigenvalue weighted by Crippen LogP contribution is -3.00. The predicted octanol–water partition coefficient (Wildman–Crippen LogP) is 0.253. The molecule has 2 aromatic carbocycles. The molecule has 0 aliphatic rings. The quantitative estimate of drug-likeness (QED) is 0.667. The molecule has 0 radical (unpaired) electrons. The van der Waals surface area contributed by atoms with Gasteiger partial charge in [0.25, 0.3) is 0 Å². The minimum Gasteiger partial charge on any atom is -1.00 e. The molecule has 2 N–H and O–H groups in total. The van der Waals surface area contributed by atoms with Crippen LogP contribution in [-0.2, 0) is 13.2 Å². The molecule has 0 amide bonds. The van der Waals surface area contributed by atoms with Gasteiger partial charge in [0.05, 0.1) is 6.61 Å². The van der Waals surface area contributed by atoms with Crippen LogP contribution < -0.4 is 22.5 Å². The van der Waals surface area contributed by atoms with Crippen molar-refractivity contribution in [2.45, 2.75) is 13.2 Å². The highest BCUT2D eigenvalue weighted by molar-refractivity contribution is 9.10. The summed E-state index contributed by atoms with van der Waals surface area (Å²) in [4.78, 5) is 0. The van der Waals surface area contributed by atoms with E-state index in [1.54, 1.807) is 12.1 Å². The minimum atomic E-state index is -0.253. The fourth-order valence-corrected chi connectivity index (χ4v) is 2.28. The van der Waals surface area contributed by atoms with Gasteiger partial charge in [-0.25, -0.2) is 4.39 Å². The lowest BCUT2D eigenvalue weighted by Gasteiger charge is -2.13. The molecule has 2 rings (SSSR count). The number of benzene rings is 2. The Morgan fingerprint density at radius 1 is 1.14 bits per heavy atom. The zero-order valence-electron chi connectivity index (χ0n) is 11.9. The Kier molecular flexibility index (Phi) is 8.42. The molecule has 0 aliphatic heterocycles. The van der Waals surface area contributed by atoms with E-state index in [9.17, 15) is 4.39 Å². The molecule has 6 heteroatoms. The average molecular weight is 390 g/mol. The van der Waals surface area contributed by atoms with Gasteiger partial charge in [0, 0.05) is 23.1 Å². The van der Waals surface area contributed by atoms with E-state index in [0.29, 0.717) is 19.7 Å². The van der Waals surface area contributed by atoms with E-state index >= 15 is 0 Å². The fraction of sp³-hybridized carbons (Fsp3) is 0.250. The van der Waals surface area contributed by atoms with Crippen molar-refractivity contribution in [2.24, 2.45) is 0 Å². The fourth-order valence-electron chi connectivity index (χ4n) is 1.87. The Bertz CT molecular complexity index is 581. The number of hydrogen-bond acceptors (Lipinski definition) is 3. The molecule has 0 fully saturated rings. The zero-order chi connectivity index (χ0) is 15.1. The molecule has 0 heterocycles. The van der Waals surface area contributed by atoms with Gasteiger partial charge in [0.15, 0.2) is 0 Å². The van der Waals surface area contributed by atoms with Crippen LogP contribution in [0.5, 0.6) is 5.75 Å². The van der Waals surface area contributed by atoms with Gasteiger partial charge in [-0.05, 0) is 35.9 Å². The largest absolute Gasteiger partial charge is 1.00 e. The van der Waals surface area contributed by atoms with Gasteiger partial charge in [-0.1, -0.05) is 28.1 Å². The van der Waals surface area contributed by atoms with Crippen molar-refractivity contribution in [3.8, 4) is 5.75 Å². The van der Waals surface area contributed by atoms with Crippen LogP contribution in [0.1, 0.15) is 11.1 Å². The second-order valence-corrected chi connectivity index (χ2v) is 5.48. The van der Waals surface area contributed by atoms with Crippen LogP contribution in [-0.4, -0.2) is 18.3 Å². The highest BCUT2D eigenvalue weighted by atomic mass is 79.9. The summed E-state index contributed by atoms with van der Waals surface area (Å²) < 4.78 is 19.6. The second kappa shape index (κ2) is 9.79. The van der Waals surface area contributed by atoms with Crippen molar-refractivity contribution in [1.29, 1.82) is 0 Å². The SMILES string of the molecule is OCCNCc1cc(Br)ccc1OCc1ccc(F)cc1.[Cl-]. The van der Waals surface area contributed by atoms with Crippen molar-refractivity contribution in [1.82, 2.24) is 5.32 Å². The number of nitrogens with one attached hydrogen (secondary N) is 1. The van der Waals surface area contributed by atoms with Crippen LogP contribution in [0.2, 0.25) is 0 Å². The summed E-state index contributed by atoms with van der Waals surface area (Å²) in [6.07, 6.45) is 0. The van der Waals surface area contributed by atoms with E-state index in [0.717, 1.165) is 21.3 Å². The van der Waals surface area contributed by atoms with Crippen molar-refractivity contribution in [3.63, 3.8) is 0 Å². The van der Waals surface area contributed by atoms with Gasteiger partial charge in [-0.3, -0.25) is 0 Å². The molecule has 0 unspecified atom stereocenters. The number of halogens is 3. The van der Waals surface area contributed by atoms with Crippen molar-refractivity contribution in [3.05, 3.63) is 63.9 Å². The molecule has 22 heavy (non-hydrogen) atoms. The average Bonchev–Trinajstić information content (AvgIpc) is 2.48. The maximum absolute atomic E-state index is 12.9. The third-order valence-corrected chi connectivity index (χ3v) is 3.43. The van der Waals surface area contributed by atoms with Crippen molar-refractivity contribution < 1.29 is 26.6 Å². The molecule has 120 valence electrons. The van der Waals surface area contributed by atoms with Crippen LogP contribution >= 0.6 is 15.9 Å². The molecule has 3 nitrogen and oxygen atoms in total. The van der Waals surface area contributed by atoms with E-state index in [2.05, 4.69) is 21.2 Å². The number of hydrogen-bond donors (Lipinski definition) is 2. The highest BCUT2D eigenvalue weighted by Gasteiger charge is 2.05. The molecule has 2 aromatic rings. The summed E-state index contributed by atoms with van der Waals surface area (Å²) in [6, 6.07) is 12.0. The first-order valence-electron chi connectivity index (χ1n) is 6.66. The predicted molar refractivity (Wildman–Crippen MR) is 83.7 cm³/mol. The molecule has 0 spiro atoms. The highest BCUT2D eigenvalue weighted by Crippen LogP contribution is 2.24. The first-order chi connectivity index (χ1) is 10.2. The number of ether oxygens (including phenoxy) is 1. The summed E-state index contributed by atoms with van der Waals surface area (Å²) >= 11 is 3.43. The smallest absolute Gasteiger partial charge is 0.124 e. The van der Waals surface area contributed by atoms with E-state index in [-0.39, 0.29) is 24.8 Å². The molecule has 0 atom stereocenters. The Morgan fingerprint density at radius 2 is 1.86 bits per heavy atom. The Labute approximate surface area is 144 Å². The molecule has 0 aliphatic carbocycles. The maximum Gasteiger partial charge on any atom is 0.124 e. The molecule has 0 saturated heterocycles. The lowest BCUT2D eigenvalue weighted by molar-refractivity contribution is -0.00000616. The normalized spacial score (nSPS) is 10.1. The monoisotopic (exact) mass is 388 g/mol. The van der Waals surface area contributed by atoms with E-state index < -0.39 is 0 Å². The van der Waals surface area contributed by atoms with Crippen LogP contribution in [0.4, 0.5) is 4.39 Å². The summed E-state index contributed by atoms with van der Waals surface area (Å²) in [7, 11) is 0.